The van der Waals surface area contributed by atoms with Crippen molar-refractivity contribution in [2.75, 3.05) is 33.4 Å². The highest BCUT2D eigenvalue weighted by Gasteiger charge is 2.25. The highest BCUT2D eigenvalue weighted by atomic mass is 16.5. The number of ether oxygens (including phenoxy) is 2. The summed E-state index contributed by atoms with van der Waals surface area (Å²) in [6.07, 6.45) is 0.991. The van der Waals surface area contributed by atoms with E-state index >= 15 is 0 Å². The Morgan fingerprint density at radius 1 is 0.841 bits per heavy atom. The van der Waals surface area contributed by atoms with E-state index in [0.717, 1.165) is 29.7 Å². The van der Waals surface area contributed by atoms with Crippen LogP contribution in [0.25, 0.3) is 0 Å². The third kappa shape index (κ3) is 10.2. The Morgan fingerprint density at radius 3 is 2.16 bits per heavy atom. The fourth-order valence-corrected chi connectivity index (χ4v) is 4.94. The molecule has 3 aromatic rings. The van der Waals surface area contributed by atoms with Crippen LogP contribution in [0, 0.1) is 0 Å². The summed E-state index contributed by atoms with van der Waals surface area (Å²) >= 11 is 0. The van der Waals surface area contributed by atoms with Crippen LogP contribution in [0.15, 0.2) is 72.8 Å². The molecule has 0 spiro atoms. The minimum absolute atomic E-state index is 0.121. The largest absolute Gasteiger partial charge is 0.497 e. The van der Waals surface area contributed by atoms with E-state index in [1.165, 1.54) is 18.2 Å². The van der Waals surface area contributed by atoms with Crippen molar-refractivity contribution in [3.05, 3.63) is 101 Å². The number of carbonyl (C=O) groups is 3. The van der Waals surface area contributed by atoms with Gasteiger partial charge in [0.2, 0.25) is 0 Å². The van der Waals surface area contributed by atoms with Gasteiger partial charge in [-0.25, -0.2) is 4.79 Å². The molecule has 9 heteroatoms. The van der Waals surface area contributed by atoms with Gasteiger partial charge in [0.1, 0.15) is 5.75 Å². The Kier molecular flexibility index (Phi) is 13.9. The highest BCUT2D eigenvalue weighted by Crippen LogP contribution is 2.17. The van der Waals surface area contributed by atoms with Crippen LogP contribution in [-0.2, 0) is 17.7 Å². The number of carbonyl (C=O) groups excluding carboxylic acids is 3. The molecular weight excluding hydrogens is 558 g/mol. The maximum Gasteiger partial charge on any atom is 0.338 e. The van der Waals surface area contributed by atoms with Gasteiger partial charge >= 0.3 is 5.97 Å². The van der Waals surface area contributed by atoms with E-state index < -0.39 is 24.0 Å². The van der Waals surface area contributed by atoms with Gasteiger partial charge in [-0.05, 0) is 67.6 Å². The minimum Gasteiger partial charge on any atom is -0.497 e. The summed E-state index contributed by atoms with van der Waals surface area (Å²) < 4.78 is 10.5. The van der Waals surface area contributed by atoms with Crippen molar-refractivity contribution in [1.29, 1.82) is 0 Å². The first-order valence-corrected chi connectivity index (χ1v) is 15.3. The molecule has 3 aromatic carbocycles. The van der Waals surface area contributed by atoms with E-state index in [1.54, 1.807) is 18.9 Å². The molecule has 3 rings (SSSR count). The van der Waals surface area contributed by atoms with E-state index in [-0.39, 0.29) is 35.7 Å². The van der Waals surface area contributed by atoms with Crippen molar-refractivity contribution in [2.24, 2.45) is 0 Å². The van der Waals surface area contributed by atoms with Crippen molar-refractivity contribution in [3.63, 3.8) is 0 Å². The smallest absolute Gasteiger partial charge is 0.338 e. The molecule has 0 saturated heterocycles. The standard InChI is InChI=1S/C35H45N3O6/c1-5-16-38(17-6-2)34(41)28-20-27(21-29(22-28)35(42)44-7-3)33(40)37-31(19-25-12-9-8-10-13-25)32(39)24-36-23-26-14-11-15-30(18-26)43-4/h8-15,18,20-22,31-32,36,39H,5-7,16-17,19,23-24H2,1-4H3,(H,37,40)/t31-,32-/m0/s1. The lowest BCUT2D eigenvalue weighted by molar-refractivity contribution is 0.0526. The molecule has 2 amide bonds. The Morgan fingerprint density at radius 2 is 1.50 bits per heavy atom. The number of nitrogens with zero attached hydrogens (tertiary/aromatic N) is 1. The van der Waals surface area contributed by atoms with E-state index in [0.29, 0.717) is 26.1 Å². The Labute approximate surface area is 260 Å². The molecule has 0 fully saturated rings. The topological polar surface area (TPSA) is 117 Å². The molecule has 0 aromatic heterocycles. The van der Waals surface area contributed by atoms with Gasteiger partial charge in [0, 0.05) is 37.3 Å². The number of hydrogen-bond donors (Lipinski definition) is 3. The monoisotopic (exact) mass is 603 g/mol. The van der Waals surface area contributed by atoms with Gasteiger partial charge in [0.25, 0.3) is 11.8 Å². The number of aliphatic hydroxyl groups excluding tert-OH is 1. The third-order valence-electron chi connectivity index (χ3n) is 7.12. The predicted octanol–water partition coefficient (Wildman–Crippen LogP) is 4.63. The summed E-state index contributed by atoms with van der Waals surface area (Å²) in [6.45, 7) is 7.68. The summed E-state index contributed by atoms with van der Waals surface area (Å²) in [6, 6.07) is 21.0. The Balaban J connectivity index is 1.86. The van der Waals surface area contributed by atoms with E-state index in [2.05, 4.69) is 10.6 Å². The summed E-state index contributed by atoms with van der Waals surface area (Å²) in [5.74, 6) is -0.627. The quantitative estimate of drug-likeness (QED) is 0.193. The molecule has 0 aliphatic heterocycles. The summed E-state index contributed by atoms with van der Waals surface area (Å²) in [5.41, 5.74) is 2.43. The van der Waals surface area contributed by atoms with Crippen LogP contribution in [0.5, 0.6) is 5.75 Å². The van der Waals surface area contributed by atoms with Crippen molar-refractivity contribution in [1.82, 2.24) is 15.5 Å². The molecule has 0 heterocycles. The zero-order valence-electron chi connectivity index (χ0n) is 26.2. The lowest BCUT2D eigenvalue weighted by Gasteiger charge is -2.25. The second-order valence-corrected chi connectivity index (χ2v) is 10.6. The molecule has 0 aliphatic rings. The average molecular weight is 604 g/mol. The van der Waals surface area contributed by atoms with Crippen molar-refractivity contribution in [3.8, 4) is 5.75 Å². The van der Waals surface area contributed by atoms with Crippen molar-refractivity contribution >= 4 is 17.8 Å². The number of aliphatic hydroxyl groups is 1. The molecular formula is C35H45N3O6. The highest BCUT2D eigenvalue weighted by molar-refractivity contribution is 6.03. The number of esters is 1. The molecule has 0 saturated carbocycles. The number of benzene rings is 3. The van der Waals surface area contributed by atoms with Crippen LogP contribution in [-0.4, -0.2) is 73.3 Å². The molecule has 0 radical (unpaired) electrons. The van der Waals surface area contributed by atoms with Gasteiger partial charge in [0.15, 0.2) is 0 Å². The molecule has 2 atom stereocenters. The van der Waals surface area contributed by atoms with Gasteiger partial charge in [-0.1, -0.05) is 56.3 Å². The zero-order valence-corrected chi connectivity index (χ0v) is 26.2. The fraction of sp³-hybridized carbons (Fsp3) is 0.400. The molecule has 9 nitrogen and oxygen atoms in total. The van der Waals surface area contributed by atoms with E-state index in [4.69, 9.17) is 9.47 Å². The van der Waals surface area contributed by atoms with Gasteiger partial charge in [0.05, 0.1) is 31.4 Å². The first-order valence-electron chi connectivity index (χ1n) is 15.3. The number of methoxy groups -OCH3 is 1. The van der Waals surface area contributed by atoms with Gasteiger partial charge < -0.3 is 30.1 Å². The summed E-state index contributed by atoms with van der Waals surface area (Å²) in [4.78, 5) is 41.6. The predicted molar refractivity (Wildman–Crippen MR) is 171 cm³/mol. The number of hydrogen-bond acceptors (Lipinski definition) is 7. The second kappa shape index (κ2) is 17.8. The second-order valence-electron chi connectivity index (χ2n) is 10.6. The molecule has 236 valence electrons. The molecule has 44 heavy (non-hydrogen) atoms. The molecule has 0 bridgehead atoms. The first-order chi connectivity index (χ1) is 21.3. The zero-order chi connectivity index (χ0) is 31.9. The van der Waals surface area contributed by atoms with Crippen molar-refractivity contribution in [2.45, 2.75) is 58.7 Å². The van der Waals surface area contributed by atoms with Crippen LogP contribution in [0.4, 0.5) is 0 Å². The van der Waals surface area contributed by atoms with Crippen LogP contribution < -0.4 is 15.4 Å². The SMILES string of the molecule is CCCN(CCC)C(=O)c1cc(C(=O)N[C@@H](Cc2ccccc2)[C@@H](O)CNCc2cccc(OC)c2)cc(C(=O)OCC)c1. The number of amides is 2. The number of rotatable bonds is 17. The van der Waals surface area contributed by atoms with Gasteiger partial charge in [-0.15, -0.1) is 0 Å². The normalized spacial score (nSPS) is 12.2. The molecule has 0 aliphatic carbocycles. The van der Waals surface area contributed by atoms with E-state index in [9.17, 15) is 19.5 Å². The van der Waals surface area contributed by atoms with Crippen LogP contribution in [0.1, 0.15) is 75.8 Å². The van der Waals surface area contributed by atoms with Crippen LogP contribution in [0.3, 0.4) is 0 Å². The third-order valence-corrected chi connectivity index (χ3v) is 7.12. The molecule has 3 N–H and O–H groups in total. The first kappa shape index (κ1) is 34.3. The fourth-order valence-electron chi connectivity index (χ4n) is 4.94. The van der Waals surface area contributed by atoms with Crippen LogP contribution >= 0.6 is 0 Å². The average Bonchev–Trinajstić information content (AvgIpc) is 3.04. The maximum atomic E-state index is 13.7. The summed E-state index contributed by atoms with van der Waals surface area (Å²) in [5, 5.41) is 17.5. The van der Waals surface area contributed by atoms with E-state index in [1.807, 2.05) is 68.4 Å². The Bertz CT molecular complexity index is 1360. The molecule has 0 unspecified atom stereocenters. The van der Waals surface area contributed by atoms with Crippen LogP contribution in [0.2, 0.25) is 0 Å². The van der Waals surface area contributed by atoms with Crippen molar-refractivity contribution < 1.29 is 29.0 Å². The van der Waals surface area contributed by atoms with Gasteiger partial charge in [-0.3, -0.25) is 9.59 Å². The maximum absolute atomic E-state index is 13.7. The summed E-state index contributed by atoms with van der Waals surface area (Å²) in [7, 11) is 1.61. The van der Waals surface area contributed by atoms with Gasteiger partial charge in [-0.2, -0.15) is 0 Å². The lowest BCUT2D eigenvalue weighted by Crippen LogP contribution is -2.48. The Hall–Kier alpha value is -4.21. The number of nitrogens with one attached hydrogen (secondary N) is 2. The minimum atomic E-state index is -0.941. The lowest BCUT2D eigenvalue weighted by atomic mass is 9.99.